The van der Waals surface area contributed by atoms with E-state index >= 15 is 0 Å². The lowest BCUT2D eigenvalue weighted by Gasteiger charge is -2.02. The fourth-order valence-corrected chi connectivity index (χ4v) is 1.99. The third-order valence-electron chi connectivity index (χ3n) is 1.96. The van der Waals surface area contributed by atoms with Gasteiger partial charge in [0.15, 0.2) is 0 Å². The van der Waals surface area contributed by atoms with Gasteiger partial charge in [0.2, 0.25) is 0 Å². The van der Waals surface area contributed by atoms with Crippen molar-refractivity contribution in [2.24, 2.45) is 0 Å². The number of hydrogen-bond donors (Lipinski definition) is 1. The van der Waals surface area contributed by atoms with Crippen molar-refractivity contribution in [2.75, 3.05) is 5.73 Å². The van der Waals surface area contributed by atoms with Crippen LogP contribution in [0.1, 0.15) is 5.56 Å². The Morgan fingerprint density at radius 3 is 2.53 bits per heavy atom. The van der Waals surface area contributed by atoms with E-state index in [0.717, 1.165) is 20.9 Å². The van der Waals surface area contributed by atoms with Crippen LogP contribution in [0, 0.1) is 6.92 Å². The topological polar surface area (TPSA) is 38.9 Å². The smallest absolute Gasteiger partial charge is 0.0733 e. The first-order chi connectivity index (χ1) is 6.16. The normalized spacial score (nSPS) is 9.20. The van der Waals surface area contributed by atoms with Gasteiger partial charge in [0.25, 0.3) is 0 Å². The Labute approximate surface area is 109 Å². The molecule has 1 aromatic heterocycles. The predicted octanol–water partition coefficient (Wildman–Crippen LogP) is 3.73. The van der Waals surface area contributed by atoms with Crippen LogP contribution < -0.4 is 5.73 Å². The minimum absolute atomic E-state index is 0. The number of aromatic nitrogens is 1. The van der Waals surface area contributed by atoms with Gasteiger partial charge in [-0.3, -0.25) is 4.98 Å². The van der Waals surface area contributed by atoms with Crippen LogP contribution in [0.3, 0.4) is 0 Å². The van der Waals surface area contributed by atoms with Crippen molar-refractivity contribution in [2.45, 2.75) is 6.92 Å². The summed E-state index contributed by atoms with van der Waals surface area (Å²) in [4.78, 5) is 4.28. The molecule has 5 heteroatoms. The largest absolute Gasteiger partial charge is 0.397 e. The zero-order valence-corrected chi connectivity index (χ0v) is 11.2. The van der Waals surface area contributed by atoms with Crippen LogP contribution in [0.15, 0.2) is 28.9 Å². The predicted molar refractivity (Wildman–Crippen MR) is 73.1 cm³/mol. The summed E-state index contributed by atoms with van der Waals surface area (Å²) in [6.07, 6.45) is 1.68. The van der Waals surface area contributed by atoms with Gasteiger partial charge in [-0.1, -0.05) is 15.9 Å². The maximum atomic E-state index is 5.65. The molecule has 2 aromatic rings. The number of nitrogens with zero attached hydrogens (tertiary/aromatic N) is 1. The Kier molecular flexibility index (Phi) is 5.35. The second kappa shape index (κ2) is 5.54. The second-order valence-electron chi connectivity index (χ2n) is 3.06. The summed E-state index contributed by atoms with van der Waals surface area (Å²) >= 11 is 3.44. The van der Waals surface area contributed by atoms with Gasteiger partial charge in [-0.25, -0.2) is 0 Å². The molecule has 2 rings (SSSR count). The maximum absolute atomic E-state index is 5.65. The molecule has 2 N–H and O–H groups in total. The molecule has 0 aliphatic heterocycles. The van der Waals surface area contributed by atoms with Crippen molar-refractivity contribution in [3.8, 4) is 0 Å². The molecule has 0 saturated heterocycles. The van der Waals surface area contributed by atoms with Crippen molar-refractivity contribution in [3.63, 3.8) is 0 Å². The SMILES string of the molecule is Cc1cc(Br)cc2cc(N)cnc12.Cl.Cl. The lowest BCUT2D eigenvalue weighted by atomic mass is 10.1. The first-order valence-electron chi connectivity index (χ1n) is 3.98. The molecule has 0 atom stereocenters. The number of rotatable bonds is 0. The zero-order valence-electron chi connectivity index (χ0n) is 8.03. The molecule has 0 saturated carbocycles. The Morgan fingerprint density at radius 2 is 1.87 bits per heavy atom. The number of hydrogen-bond acceptors (Lipinski definition) is 2. The highest BCUT2D eigenvalue weighted by Gasteiger charge is 2.00. The molecular formula is C10H11BrCl2N2. The number of benzene rings is 1. The van der Waals surface area contributed by atoms with Crippen molar-refractivity contribution in [3.05, 3.63) is 34.4 Å². The van der Waals surface area contributed by atoms with Gasteiger partial charge in [0, 0.05) is 9.86 Å². The molecule has 0 radical (unpaired) electrons. The Balaban J connectivity index is 0.000000980. The monoisotopic (exact) mass is 308 g/mol. The highest BCUT2D eigenvalue weighted by Crippen LogP contribution is 2.23. The molecule has 0 bridgehead atoms. The summed E-state index contributed by atoms with van der Waals surface area (Å²) in [5.41, 5.74) is 8.51. The molecule has 0 aliphatic rings. The van der Waals surface area contributed by atoms with Crippen molar-refractivity contribution >= 4 is 57.3 Å². The van der Waals surface area contributed by atoms with Crippen LogP contribution in [-0.2, 0) is 0 Å². The van der Waals surface area contributed by atoms with Gasteiger partial charge >= 0.3 is 0 Å². The standard InChI is InChI=1S/C10H9BrN2.2ClH/c1-6-2-8(11)3-7-4-9(12)5-13-10(6)7;;/h2-5H,12H2,1H3;2*1H. The minimum Gasteiger partial charge on any atom is -0.397 e. The lowest BCUT2D eigenvalue weighted by molar-refractivity contribution is 1.36. The summed E-state index contributed by atoms with van der Waals surface area (Å²) in [7, 11) is 0. The molecular weight excluding hydrogens is 299 g/mol. The number of halogens is 3. The summed E-state index contributed by atoms with van der Waals surface area (Å²) < 4.78 is 1.06. The van der Waals surface area contributed by atoms with Crippen molar-refractivity contribution in [1.29, 1.82) is 0 Å². The van der Waals surface area contributed by atoms with Gasteiger partial charge in [0.05, 0.1) is 17.4 Å². The average molecular weight is 310 g/mol. The highest BCUT2D eigenvalue weighted by molar-refractivity contribution is 9.10. The number of fused-ring (bicyclic) bond motifs is 1. The third-order valence-corrected chi connectivity index (χ3v) is 2.42. The number of aryl methyl sites for hydroxylation is 1. The number of nitrogens with two attached hydrogens (primary N) is 1. The maximum Gasteiger partial charge on any atom is 0.0733 e. The molecule has 0 aliphatic carbocycles. The first kappa shape index (κ1) is 14.5. The summed E-state index contributed by atoms with van der Waals surface area (Å²) in [5, 5.41) is 1.08. The number of nitrogen functional groups attached to an aromatic ring is 1. The zero-order chi connectivity index (χ0) is 9.42. The van der Waals surface area contributed by atoms with Gasteiger partial charge in [-0.15, -0.1) is 24.8 Å². The van der Waals surface area contributed by atoms with Crippen LogP contribution >= 0.6 is 40.7 Å². The van der Waals surface area contributed by atoms with Crippen LogP contribution in [0.25, 0.3) is 10.9 Å². The van der Waals surface area contributed by atoms with Crippen molar-refractivity contribution < 1.29 is 0 Å². The molecule has 82 valence electrons. The van der Waals surface area contributed by atoms with E-state index in [4.69, 9.17) is 5.73 Å². The Morgan fingerprint density at radius 1 is 1.20 bits per heavy atom. The van der Waals surface area contributed by atoms with E-state index in [-0.39, 0.29) is 24.8 Å². The average Bonchev–Trinajstić information content (AvgIpc) is 2.02. The van der Waals surface area contributed by atoms with E-state index < -0.39 is 0 Å². The quantitative estimate of drug-likeness (QED) is 0.805. The van der Waals surface area contributed by atoms with E-state index in [1.807, 2.05) is 25.1 Å². The third kappa shape index (κ3) is 2.97. The van der Waals surface area contributed by atoms with Gasteiger partial charge < -0.3 is 5.73 Å². The lowest BCUT2D eigenvalue weighted by Crippen LogP contribution is -1.89. The molecule has 1 aromatic carbocycles. The first-order valence-corrected chi connectivity index (χ1v) is 4.77. The fourth-order valence-electron chi connectivity index (χ4n) is 1.40. The summed E-state index contributed by atoms with van der Waals surface area (Å²) in [6.45, 7) is 2.04. The minimum atomic E-state index is 0. The van der Waals surface area contributed by atoms with Gasteiger partial charge in [-0.05, 0) is 30.7 Å². The van der Waals surface area contributed by atoms with Crippen LogP contribution in [-0.4, -0.2) is 4.98 Å². The van der Waals surface area contributed by atoms with E-state index in [1.54, 1.807) is 6.20 Å². The molecule has 1 heterocycles. The summed E-state index contributed by atoms with van der Waals surface area (Å²) in [6, 6.07) is 6.00. The molecule has 15 heavy (non-hydrogen) atoms. The van der Waals surface area contributed by atoms with Crippen LogP contribution in [0.2, 0.25) is 0 Å². The van der Waals surface area contributed by atoms with Gasteiger partial charge in [0.1, 0.15) is 0 Å². The molecule has 0 spiro atoms. The number of anilines is 1. The summed E-state index contributed by atoms with van der Waals surface area (Å²) in [5.74, 6) is 0. The van der Waals surface area contributed by atoms with E-state index in [0.29, 0.717) is 5.69 Å². The highest BCUT2D eigenvalue weighted by atomic mass is 79.9. The molecule has 0 amide bonds. The van der Waals surface area contributed by atoms with Gasteiger partial charge in [-0.2, -0.15) is 0 Å². The van der Waals surface area contributed by atoms with E-state index in [2.05, 4.69) is 20.9 Å². The van der Waals surface area contributed by atoms with Crippen LogP contribution in [0.5, 0.6) is 0 Å². The Hall–Kier alpha value is -0.510. The fraction of sp³-hybridized carbons (Fsp3) is 0.100. The molecule has 0 fully saturated rings. The van der Waals surface area contributed by atoms with E-state index in [1.165, 1.54) is 0 Å². The van der Waals surface area contributed by atoms with E-state index in [9.17, 15) is 0 Å². The second-order valence-corrected chi connectivity index (χ2v) is 3.98. The Bertz CT molecular complexity index is 469. The molecule has 2 nitrogen and oxygen atoms in total. The van der Waals surface area contributed by atoms with Crippen molar-refractivity contribution in [1.82, 2.24) is 4.98 Å². The van der Waals surface area contributed by atoms with Crippen LogP contribution in [0.4, 0.5) is 5.69 Å². The number of pyridine rings is 1. The molecule has 0 unspecified atom stereocenters.